The van der Waals surface area contributed by atoms with Gasteiger partial charge < -0.3 is 4.57 Å². The third kappa shape index (κ3) is 1.50. The lowest BCUT2D eigenvalue weighted by atomic mass is 9.96. The van der Waals surface area contributed by atoms with E-state index in [1.165, 1.54) is 63.9 Å². The fourth-order valence-corrected chi connectivity index (χ4v) is 5.97. The monoisotopic (exact) mass is 339 g/mol. The molecule has 0 aliphatic heterocycles. The first kappa shape index (κ1) is 13.7. The minimum Gasteiger partial charge on any atom is -0.343 e. The van der Waals surface area contributed by atoms with Crippen molar-refractivity contribution in [2.45, 2.75) is 13.8 Å². The molecule has 6 aromatic rings. The zero-order valence-electron chi connectivity index (χ0n) is 14.5. The Morgan fingerprint density at radius 3 is 2.56 bits per heavy atom. The lowest BCUT2D eigenvalue weighted by Crippen LogP contribution is -1.91. The molecule has 0 saturated carbocycles. The van der Waals surface area contributed by atoms with Gasteiger partial charge in [-0.25, -0.2) is 0 Å². The second kappa shape index (κ2) is 4.33. The van der Waals surface area contributed by atoms with Crippen LogP contribution in [0.3, 0.4) is 0 Å². The van der Waals surface area contributed by atoms with Gasteiger partial charge in [0, 0.05) is 43.5 Å². The van der Waals surface area contributed by atoms with Crippen molar-refractivity contribution in [1.29, 1.82) is 0 Å². The molecule has 1 nitrogen and oxygen atoms in total. The molecule has 0 N–H and O–H groups in total. The first-order valence-electron chi connectivity index (χ1n) is 8.70. The van der Waals surface area contributed by atoms with Crippen LogP contribution in [-0.4, -0.2) is 4.57 Å². The van der Waals surface area contributed by atoms with Gasteiger partial charge in [0.15, 0.2) is 0 Å². The number of aryl methyl sites for hydroxylation is 3. The third-order valence-corrected chi connectivity index (χ3v) is 6.96. The van der Waals surface area contributed by atoms with E-state index >= 15 is 0 Å². The Hall–Kier alpha value is -2.58. The molecule has 0 aliphatic rings. The summed E-state index contributed by atoms with van der Waals surface area (Å²) in [5.41, 5.74) is 5.42. The van der Waals surface area contributed by atoms with Crippen LogP contribution < -0.4 is 0 Å². The zero-order valence-corrected chi connectivity index (χ0v) is 15.3. The average molecular weight is 339 g/mol. The van der Waals surface area contributed by atoms with Crippen LogP contribution in [-0.2, 0) is 7.05 Å². The second-order valence-corrected chi connectivity index (χ2v) is 8.25. The van der Waals surface area contributed by atoms with Crippen molar-refractivity contribution < 1.29 is 0 Å². The minimum absolute atomic E-state index is 1.32. The molecule has 0 saturated heterocycles. The van der Waals surface area contributed by atoms with Crippen LogP contribution in [0.4, 0.5) is 0 Å². The van der Waals surface area contributed by atoms with Crippen molar-refractivity contribution in [3.63, 3.8) is 0 Å². The van der Waals surface area contributed by atoms with E-state index < -0.39 is 0 Å². The lowest BCUT2D eigenvalue weighted by Gasteiger charge is -2.09. The van der Waals surface area contributed by atoms with Gasteiger partial charge in [0.1, 0.15) is 0 Å². The molecule has 0 unspecified atom stereocenters. The van der Waals surface area contributed by atoms with E-state index in [0.717, 1.165) is 0 Å². The van der Waals surface area contributed by atoms with E-state index in [-0.39, 0.29) is 0 Å². The highest BCUT2D eigenvalue weighted by molar-refractivity contribution is 7.27. The fourth-order valence-electron chi connectivity index (χ4n) is 4.66. The molecule has 0 aliphatic carbocycles. The smallest absolute Gasteiger partial charge is 0.0539 e. The first-order valence-corrected chi connectivity index (χ1v) is 9.51. The Labute approximate surface area is 149 Å². The molecule has 0 amide bonds. The van der Waals surface area contributed by atoms with Crippen LogP contribution >= 0.6 is 11.3 Å². The van der Waals surface area contributed by atoms with Crippen molar-refractivity contribution in [3.05, 3.63) is 59.7 Å². The van der Waals surface area contributed by atoms with Crippen LogP contribution in [0.25, 0.3) is 52.8 Å². The summed E-state index contributed by atoms with van der Waals surface area (Å²) >= 11 is 1.95. The molecule has 120 valence electrons. The fraction of sp³-hybridized carbons (Fsp3) is 0.130. The highest BCUT2D eigenvalue weighted by Crippen LogP contribution is 2.48. The zero-order chi connectivity index (χ0) is 16.9. The van der Waals surface area contributed by atoms with Crippen LogP contribution in [0.15, 0.2) is 48.5 Å². The summed E-state index contributed by atoms with van der Waals surface area (Å²) in [4.78, 5) is 0. The van der Waals surface area contributed by atoms with Crippen LogP contribution in [0.5, 0.6) is 0 Å². The number of nitrogens with zero attached hydrogens (tertiary/aromatic N) is 1. The summed E-state index contributed by atoms with van der Waals surface area (Å²) in [6, 6.07) is 18.1. The molecular formula is C23H17NS. The van der Waals surface area contributed by atoms with Gasteiger partial charge >= 0.3 is 0 Å². The largest absolute Gasteiger partial charge is 0.343 e. The van der Waals surface area contributed by atoms with Crippen LogP contribution in [0.2, 0.25) is 0 Å². The topological polar surface area (TPSA) is 4.93 Å². The maximum absolute atomic E-state index is 2.39. The number of thiophene rings is 1. The third-order valence-electron chi connectivity index (χ3n) is 5.79. The lowest BCUT2D eigenvalue weighted by molar-refractivity contribution is 1.01. The van der Waals surface area contributed by atoms with Crippen molar-refractivity contribution in [2.24, 2.45) is 7.05 Å². The van der Waals surface area contributed by atoms with Gasteiger partial charge in [-0.15, -0.1) is 11.3 Å². The molecule has 0 bridgehead atoms. The van der Waals surface area contributed by atoms with Crippen molar-refractivity contribution in [1.82, 2.24) is 4.57 Å². The molecule has 0 fully saturated rings. The number of hydrogen-bond donors (Lipinski definition) is 0. The van der Waals surface area contributed by atoms with Crippen LogP contribution in [0, 0.1) is 13.8 Å². The molecule has 25 heavy (non-hydrogen) atoms. The molecule has 0 radical (unpaired) electrons. The SMILES string of the molecule is Cc1ccc2c3c4sc5cccc6ccc(c(C)c3n(C)c2c1)c4c65. The van der Waals surface area contributed by atoms with Gasteiger partial charge in [0.05, 0.1) is 5.52 Å². The first-order chi connectivity index (χ1) is 12.1. The maximum atomic E-state index is 2.39. The average Bonchev–Trinajstić information content (AvgIpc) is 3.13. The molecule has 4 aromatic carbocycles. The van der Waals surface area contributed by atoms with Crippen LogP contribution in [0.1, 0.15) is 11.1 Å². The Bertz CT molecular complexity index is 1460. The molecule has 2 heteroatoms. The molecule has 0 atom stereocenters. The Morgan fingerprint density at radius 1 is 0.840 bits per heavy atom. The van der Waals surface area contributed by atoms with Crippen molar-refractivity contribution in [2.75, 3.05) is 0 Å². The number of rotatable bonds is 0. The summed E-state index contributed by atoms with van der Waals surface area (Å²) in [5.74, 6) is 0. The van der Waals surface area contributed by atoms with E-state index in [0.29, 0.717) is 0 Å². The number of fused-ring (bicyclic) bond motifs is 4. The summed E-state index contributed by atoms with van der Waals surface area (Å²) in [5, 5.41) is 8.45. The van der Waals surface area contributed by atoms with Gasteiger partial charge in [0.25, 0.3) is 0 Å². The van der Waals surface area contributed by atoms with E-state index in [4.69, 9.17) is 0 Å². The van der Waals surface area contributed by atoms with Gasteiger partial charge in [-0.05, 0) is 47.9 Å². The van der Waals surface area contributed by atoms with Crippen molar-refractivity contribution in [3.8, 4) is 0 Å². The van der Waals surface area contributed by atoms with E-state index in [1.54, 1.807) is 0 Å². The summed E-state index contributed by atoms with van der Waals surface area (Å²) in [6.45, 7) is 4.46. The second-order valence-electron chi connectivity index (χ2n) is 7.20. The highest BCUT2D eigenvalue weighted by Gasteiger charge is 2.20. The molecule has 2 aromatic heterocycles. The molecule has 6 rings (SSSR count). The molecule has 2 heterocycles. The van der Waals surface area contributed by atoms with E-state index in [1.807, 2.05) is 11.3 Å². The minimum atomic E-state index is 1.32. The quantitative estimate of drug-likeness (QED) is 0.265. The number of benzene rings is 4. The van der Waals surface area contributed by atoms with Gasteiger partial charge in [0.2, 0.25) is 0 Å². The Balaban J connectivity index is 2.06. The standard InChI is InChI=1S/C23H17NS/c1-12-7-9-16-17(11-12)24(3)22-13(2)15-10-8-14-5-4-6-18-19(14)20(15)23(25-18)21(16)22/h4-11H,1-3H3. The summed E-state index contributed by atoms with van der Waals surface area (Å²) in [6.07, 6.45) is 0. The van der Waals surface area contributed by atoms with Gasteiger partial charge in [-0.2, -0.15) is 0 Å². The maximum Gasteiger partial charge on any atom is 0.0539 e. The summed E-state index contributed by atoms with van der Waals surface area (Å²) in [7, 11) is 2.21. The molecular weight excluding hydrogens is 322 g/mol. The highest BCUT2D eigenvalue weighted by atomic mass is 32.1. The Kier molecular flexibility index (Phi) is 2.37. The van der Waals surface area contributed by atoms with E-state index in [9.17, 15) is 0 Å². The van der Waals surface area contributed by atoms with Crippen molar-refractivity contribution >= 4 is 64.1 Å². The van der Waals surface area contributed by atoms with Gasteiger partial charge in [-0.3, -0.25) is 0 Å². The van der Waals surface area contributed by atoms with Gasteiger partial charge in [-0.1, -0.05) is 36.4 Å². The Morgan fingerprint density at radius 2 is 1.68 bits per heavy atom. The number of hydrogen-bond acceptors (Lipinski definition) is 1. The predicted molar refractivity (Wildman–Crippen MR) is 111 cm³/mol. The normalized spacial score (nSPS) is 12.6. The predicted octanol–water partition coefficient (Wildman–Crippen LogP) is 6.91. The number of aromatic nitrogens is 1. The summed E-state index contributed by atoms with van der Waals surface area (Å²) < 4.78 is 5.22. The molecule has 0 spiro atoms. The van der Waals surface area contributed by atoms with E-state index in [2.05, 4.69) is 74.0 Å².